The molecule has 0 radical (unpaired) electrons. The predicted octanol–water partition coefficient (Wildman–Crippen LogP) is 0.505. The minimum absolute atomic E-state index is 0.00338. The van der Waals surface area contributed by atoms with E-state index >= 15 is 0 Å². The van der Waals surface area contributed by atoms with Crippen molar-refractivity contribution in [1.29, 1.82) is 0 Å². The van der Waals surface area contributed by atoms with Gasteiger partial charge in [-0.1, -0.05) is 5.22 Å². The van der Waals surface area contributed by atoms with Crippen LogP contribution in [0.25, 0.3) is 0 Å². The molecule has 1 rings (SSSR count). The van der Waals surface area contributed by atoms with Crippen molar-refractivity contribution in [3.8, 4) is 0 Å². The van der Waals surface area contributed by atoms with Gasteiger partial charge in [-0.25, -0.2) is 9.78 Å². The van der Waals surface area contributed by atoms with Crippen molar-refractivity contribution in [3.05, 3.63) is 12.0 Å². The molecule has 0 saturated carbocycles. The fourth-order valence-corrected chi connectivity index (χ4v) is 1.01. The van der Waals surface area contributed by atoms with Crippen molar-refractivity contribution in [1.82, 2.24) is 15.0 Å². The van der Waals surface area contributed by atoms with E-state index < -0.39 is 12.0 Å². The number of rotatable bonds is 5. The molecule has 0 aliphatic carbocycles. The lowest BCUT2D eigenvalue weighted by Gasteiger charge is -2.08. The van der Waals surface area contributed by atoms with Crippen LogP contribution in [-0.2, 0) is 4.74 Å². The predicted molar refractivity (Wildman–Crippen MR) is 64.6 cm³/mol. The molecular formula is C8H12N6O3S. The highest BCUT2D eigenvalue weighted by molar-refractivity contribution is 7.80. The van der Waals surface area contributed by atoms with Crippen molar-refractivity contribution < 1.29 is 14.3 Å². The fraction of sp³-hybridized carbons (Fsp3) is 0.375. The first-order valence-corrected chi connectivity index (χ1v) is 5.45. The summed E-state index contributed by atoms with van der Waals surface area (Å²) in [6.45, 7) is 0.163. The molecular weight excluding hydrogens is 260 g/mol. The Morgan fingerprint density at radius 2 is 2.39 bits per heavy atom. The van der Waals surface area contributed by atoms with Crippen LogP contribution in [-0.4, -0.2) is 46.4 Å². The Balaban J connectivity index is 2.65. The van der Waals surface area contributed by atoms with Crippen molar-refractivity contribution in [2.24, 2.45) is 16.1 Å². The van der Waals surface area contributed by atoms with Gasteiger partial charge >= 0.3 is 6.09 Å². The van der Waals surface area contributed by atoms with Crippen molar-refractivity contribution in [2.45, 2.75) is 0 Å². The third-order valence-electron chi connectivity index (χ3n) is 1.72. The van der Waals surface area contributed by atoms with Crippen molar-refractivity contribution in [2.75, 3.05) is 19.4 Å². The molecule has 0 bridgehead atoms. The molecule has 1 heterocycles. The molecule has 0 fully saturated rings. The van der Waals surface area contributed by atoms with Crippen LogP contribution in [0.5, 0.6) is 0 Å². The lowest BCUT2D eigenvalue weighted by molar-refractivity contribution is 0.0996. The summed E-state index contributed by atoms with van der Waals surface area (Å²) in [6.07, 6.45) is 0.553. The first-order valence-electron chi connectivity index (χ1n) is 4.82. The molecule has 0 atom stereocenters. The molecule has 10 heteroatoms. The number of carbonyl (C=O) groups excluding carboxylic acids is 2. The van der Waals surface area contributed by atoms with Gasteiger partial charge in [-0.15, -0.1) is 5.11 Å². The minimum Gasteiger partial charge on any atom is -0.447 e. The number of hydrogen-bond acceptors (Lipinski definition) is 7. The average molecular weight is 272 g/mol. The quantitative estimate of drug-likeness (QED) is 0.410. The largest absolute Gasteiger partial charge is 0.447 e. The maximum Gasteiger partial charge on any atom is 0.431 e. The molecule has 3 N–H and O–H groups in total. The van der Waals surface area contributed by atoms with Gasteiger partial charge in [0.1, 0.15) is 6.61 Å². The van der Waals surface area contributed by atoms with Gasteiger partial charge in [-0.05, 0) is 0 Å². The molecule has 2 amide bonds. The first kappa shape index (κ1) is 14.0. The van der Waals surface area contributed by atoms with E-state index in [0.29, 0.717) is 5.75 Å². The fourth-order valence-electron chi connectivity index (χ4n) is 0.917. The number of nitrogens with zero attached hydrogens (tertiary/aromatic N) is 4. The number of thiol groups is 1. The molecule has 0 spiro atoms. The van der Waals surface area contributed by atoms with E-state index in [2.05, 4.69) is 32.9 Å². The van der Waals surface area contributed by atoms with Gasteiger partial charge in [-0.3, -0.25) is 4.79 Å². The first-order chi connectivity index (χ1) is 8.56. The van der Waals surface area contributed by atoms with E-state index in [1.54, 1.807) is 0 Å². The van der Waals surface area contributed by atoms with Gasteiger partial charge in [0.15, 0.2) is 5.69 Å². The number of primary amides is 1. The number of aromatic amines is 1. The number of hydrogen-bond donors (Lipinski definition) is 3. The Kier molecular flexibility index (Phi) is 5.11. The van der Waals surface area contributed by atoms with Crippen LogP contribution in [0.3, 0.4) is 0 Å². The van der Waals surface area contributed by atoms with Crippen molar-refractivity contribution >= 4 is 30.4 Å². The lowest BCUT2D eigenvalue weighted by Crippen LogP contribution is -2.22. The monoisotopic (exact) mass is 272 g/mol. The highest BCUT2D eigenvalue weighted by atomic mass is 32.1. The molecule has 1 aromatic heterocycles. The van der Waals surface area contributed by atoms with Crippen LogP contribution in [0.4, 0.5) is 10.6 Å². The van der Waals surface area contributed by atoms with E-state index in [0.717, 1.165) is 5.01 Å². The van der Waals surface area contributed by atoms with Crippen molar-refractivity contribution in [3.63, 3.8) is 0 Å². The summed E-state index contributed by atoms with van der Waals surface area (Å²) in [7, 11) is 1.35. The van der Waals surface area contributed by atoms with E-state index in [4.69, 9.17) is 10.5 Å². The zero-order chi connectivity index (χ0) is 13.5. The highest BCUT2D eigenvalue weighted by Crippen LogP contribution is 2.13. The number of aromatic nitrogens is 2. The van der Waals surface area contributed by atoms with Crippen LogP contribution >= 0.6 is 12.6 Å². The zero-order valence-corrected chi connectivity index (χ0v) is 10.4. The Bertz CT molecular complexity index is 459. The number of H-pyrrole nitrogens is 1. The van der Waals surface area contributed by atoms with E-state index in [1.165, 1.54) is 13.4 Å². The summed E-state index contributed by atoms with van der Waals surface area (Å²) >= 11 is 3.89. The number of imidazole rings is 1. The van der Waals surface area contributed by atoms with Crippen LogP contribution in [0.15, 0.2) is 16.7 Å². The maximum absolute atomic E-state index is 11.3. The van der Waals surface area contributed by atoms with Gasteiger partial charge in [0, 0.05) is 12.8 Å². The number of carbonyl (C=O) groups is 2. The number of amides is 2. The summed E-state index contributed by atoms with van der Waals surface area (Å²) in [6, 6.07) is 0. The van der Waals surface area contributed by atoms with Gasteiger partial charge < -0.3 is 15.5 Å². The molecule has 0 aliphatic rings. The van der Waals surface area contributed by atoms with E-state index in [-0.39, 0.29) is 18.1 Å². The number of nitrogens with one attached hydrogen (secondary N) is 1. The Hall–Kier alpha value is -2.10. The Morgan fingerprint density at radius 3 is 3.00 bits per heavy atom. The topological polar surface area (TPSA) is 126 Å². The summed E-state index contributed by atoms with van der Waals surface area (Å²) in [5.41, 5.74) is 5.08. The second-order valence-corrected chi connectivity index (χ2v) is 3.46. The molecule has 98 valence electrons. The normalized spacial score (nSPS) is 10.6. The molecule has 18 heavy (non-hydrogen) atoms. The second kappa shape index (κ2) is 6.59. The summed E-state index contributed by atoms with van der Waals surface area (Å²) < 4.78 is 4.74. The van der Waals surface area contributed by atoms with Crippen LogP contribution in [0.2, 0.25) is 0 Å². The molecule has 0 unspecified atom stereocenters. The molecule has 0 saturated heterocycles. The second-order valence-electron chi connectivity index (χ2n) is 3.02. The number of nitrogens with two attached hydrogens (primary N) is 1. The molecule has 0 aromatic carbocycles. The third-order valence-corrected chi connectivity index (χ3v) is 1.90. The minimum atomic E-state index is -0.721. The number of ether oxygens (including phenoxy) is 1. The smallest absolute Gasteiger partial charge is 0.431 e. The summed E-state index contributed by atoms with van der Waals surface area (Å²) in [4.78, 5) is 28.4. The van der Waals surface area contributed by atoms with Crippen LogP contribution < -0.4 is 5.73 Å². The van der Waals surface area contributed by atoms with E-state index in [9.17, 15) is 9.59 Å². The molecule has 9 nitrogen and oxygen atoms in total. The van der Waals surface area contributed by atoms with Gasteiger partial charge in [0.05, 0.1) is 6.33 Å². The average Bonchev–Trinajstić information content (AvgIpc) is 2.81. The maximum atomic E-state index is 11.3. The SMILES string of the molecule is CN(/N=N/c1nc[nH]c1C(N)=O)C(=O)OCCS. The summed E-state index contributed by atoms with van der Waals surface area (Å²) in [5.74, 6) is -0.319. The lowest BCUT2D eigenvalue weighted by atomic mass is 10.4. The standard InChI is InChI=1S/C8H12N6O3S/c1-14(8(16)17-2-3-18)13-12-7-5(6(9)15)10-4-11-7/h4,18H,2-3H2,1H3,(H2,9,15)(H,10,11)/b13-12+. The Labute approximate surface area is 108 Å². The Morgan fingerprint density at radius 1 is 1.67 bits per heavy atom. The highest BCUT2D eigenvalue weighted by Gasteiger charge is 2.12. The van der Waals surface area contributed by atoms with E-state index in [1.807, 2.05) is 0 Å². The van der Waals surface area contributed by atoms with Gasteiger partial charge in [0.2, 0.25) is 5.82 Å². The van der Waals surface area contributed by atoms with Gasteiger partial charge in [0.25, 0.3) is 5.91 Å². The molecule has 0 aliphatic heterocycles. The van der Waals surface area contributed by atoms with Crippen LogP contribution in [0, 0.1) is 0 Å². The summed E-state index contributed by atoms with van der Waals surface area (Å²) in [5, 5.41) is 8.00. The van der Waals surface area contributed by atoms with Crippen LogP contribution in [0.1, 0.15) is 10.5 Å². The zero-order valence-electron chi connectivity index (χ0n) is 9.53. The molecule has 1 aromatic rings. The van der Waals surface area contributed by atoms with Gasteiger partial charge in [-0.2, -0.15) is 17.6 Å². The third kappa shape index (κ3) is 3.73.